The SMILES string of the molecule is Cc1[nH]c(C=C2C(=O)Nc3ccc(S(=O)(=O)Cc4c(Cl)cccc4Cl)cc32)c(C)c1C(=O)NCCN1CCNC(=O)C1. The first kappa shape index (κ1) is 29.8. The molecule has 13 heteroatoms. The normalized spacial score (nSPS) is 16.3. The summed E-state index contributed by atoms with van der Waals surface area (Å²) in [5, 5.41) is 8.95. The lowest BCUT2D eigenvalue weighted by molar-refractivity contribution is -0.124. The maximum atomic E-state index is 13.3. The monoisotopic (exact) mass is 629 g/mol. The highest BCUT2D eigenvalue weighted by atomic mass is 35.5. The molecule has 0 atom stereocenters. The summed E-state index contributed by atoms with van der Waals surface area (Å²) in [6.45, 7) is 6.08. The minimum atomic E-state index is -3.86. The molecule has 220 valence electrons. The van der Waals surface area contributed by atoms with Crippen LogP contribution in [0.3, 0.4) is 0 Å². The van der Waals surface area contributed by atoms with E-state index in [4.69, 9.17) is 23.2 Å². The molecule has 0 aliphatic carbocycles. The number of aromatic amines is 1. The average Bonchev–Trinajstić information content (AvgIpc) is 3.40. The van der Waals surface area contributed by atoms with Crippen molar-refractivity contribution < 1.29 is 22.8 Å². The number of halogens is 2. The molecule has 10 nitrogen and oxygen atoms in total. The van der Waals surface area contributed by atoms with Crippen LogP contribution in [0.15, 0.2) is 41.3 Å². The summed E-state index contributed by atoms with van der Waals surface area (Å²) >= 11 is 12.4. The molecule has 0 radical (unpaired) electrons. The Hall–Kier alpha value is -3.64. The molecule has 2 aliphatic rings. The van der Waals surface area contributed by atoms with Crippen LogP contribution in [0.1, 0.15) is 38.4 Å². The average molecular weight is 631 g/mol. The zero-order valence-electron chi connectivity index (χ0n) is 22.9. The number of aromatic nitrogens is 1. The third-order valence-corrected chi connectivity index (χ3v) is 9.70. The van der Waals surface area contributed by atoms with Crippen LogP contribution in [0.5, 0.6) is 0 Å². The lowest BCUT2D eigenvalue weighted by Crippen LogP contribution is -2.49. The summed E-state index contributed by atoms with van der Waals surface area (Å²) in [5.41, 5.74) is 3.76. The van der Waals surface area contributed by atoms with E-state index < -0.39 is 21.5 Å². The Morgan fingerprint density at radius 2 is 1.86 bits per heavy atom. The van der Waals surface area contributed by atoms with Gasteiger partial charge in [0.2, 0.25) is 5.91 Å². The molecule has 3 aromatic rings. The van der Waals surface area contributed by atoms with Gasteiger partial charge in [-0.05, 0) is 55.8 Å². The summed E-state index contributed by atoms with van der Waals surface area (Å²) in [6.07, 6.45) is 1.62. The molecule has 1 aromatic heterocycles. The first-order valence-electron chi connectivity index (χ1n) is 13.2. The minimum Gasteiger partial charge on any atom is -0.358 e. The van der Waals surface area contributed by atoms with Gasteiger partial charge in [0.15, 0.2) is 9.84 Å². The highest BCUT2D eigenvalue weighted by Gasteiger charge is 2.29. The van der Waals surface area contributed by atoms with Crippen LogP contribution < -0.4 is 16.0 Å². The maximum Gasteiger partial charge on any atom is 0.256 e. The van der Waals surface area contributed by atoms with Crippen molar-refractivity contribution in [3.63, 3.8) is 0 Å². The fourth-order valence-corrected chi connectivity index (χ4v) is 7.27. The predicted octanol–water partition coefficient (Wildman–Crippen LogP) is 3.57. The number of carbonyl (C=O) groups is 3. The van der Waals surface area contributed by atoms with Crippen LogP contribution in [-0.2, 0) is 25.2 Å². The van der Waals surface area contributed by atoms with Gasteiger partial charge in [0.05, 0.1) is 28.3 Å². The number of nitrogens with one attached hydrogen (secondary N) is 4. The minimum absolute atomic E-state index is 0.0188. The van der Waals surface area contributed by atoms with Crippen LogP contribution in [0.25, 0.3) is 11.6 Å². The van der Waals surface area contributed by atoms with Gasteiger partial charge < -0.3 is 20.9 Å². The molecular formula is C29H29Cl2N5O5S. The number of piperazine rings is 1. The predicted molar refractivity (Wildman–Crippen MR) is 162 cm³/mol. The van der Waals surface area contributed by atoms with Crippen molar-refractivity contribution in [2.45, 2.75) is 24.5 Å². The largest absolute Gasteiger partial charge is 0.358 e. The van der Waals surface area contributed by atoms with Crippen molar-refractivity contribution in [1.29, 1.82) is 0 Å². The Morgan fingerprint density at radius 3 is 2.57 bits per heavy atom. The summed E-state index contributed by atoms with van der Waals surface area (Å²) < 4.78 is 26.6. The number of fused-ring (bicyclic) bond motifs is 1. The van der Waals surface area contributed by atoms with E-state index in [1.54, 1.807) is 44.2 Å². The lowest BCUT2D eigenvalue weighted by atomic mass is 10.0. The first-order valence-corrected chi connectivity index (χ1v) is 15.6. The van der Waals surface area contributed by atoms with Crippen molar-refractivity contribution in [2.24, 2.45) is 0 Å². The Morgan fingerprint density at radius 1 is 1.12 bits per heavy atom. The Labute approximate surface area is 253 Å². The fraction of sp³-hybridized carbons (Fsp3) is 0.276. The molecule has 1 saturated heterocycles. The van der Waals surface area contributed by atoms with Crippen LogP contribution in [0, 0.1) is 13.8 Å². The quantitative estimate of drug-likeness (QED) is 0.281. The van der Waals surface area contributed by atoms with Crippen LogP contribution in [0.2, 0.25) is 10.0 Å². The molecule has 2 aromatic carbocycles. The van der Waals surface area contributed by atoms with Crippen molar-refractivity contribution in [3.8, 4) is 0 Å². The number of hydrogen-bond donors (Lipinski definition) is 4. The lowest BCUT2D eigenvalue weighted by Gasteiger charge is -2.26. The fourth-order valence-electron chi connectivity index (χ4n) is 5.15. The van der Waals surface area contributed by atoms with Gasteiger partial charge in [-0.15, -0.1) is 0 Å². The zero-order valence-corrected chi connectivity index (χ0v) is 25.3. The number of aryl methyl sites for hydroxylation is 1. The Bertz CT molecular complexity index is 1730. The van der Waals surface area contributed by atoms with Crippen LogP contribution in [0.4, 0.5) is 5.69 Å². The van der Waals surface area contributed by atoms with E-state index in [1.807, 2.05) is 4.90 Å². The molecule has 3 amide bonds. The number of sulfone groups is 1. The van der Waals surface area contributed by atoms with Gasteiger partial charge in [-0.25, -0.2) is 8.42 Å². The van der Waals surface area contributed by atoms with E-state index in [-0.39, 0.29) is 32.3 Å². The van der Waals surface area contributed by atoms with E-state index in [9.17, 15) is 22.8 Å². The summed E-state index contributed by atoms with van der Waals surface area (Å²) in [5.74, 6) is -1.09. The molecule has 4 N–H and O–H groups in total. The second-order valence-corrected chi connectivity index (χ2v) is 13.0. The van der Waals surface area contributed by atoms with Crippen LogP contribution >= 0.6 is 23.2 Å². The highest BCUT2D eigenvalue weighted by molar-refractivity contribution is 7.90. The smallest absolute Gasteiger partial charge is 0.256 e. The summed E-state index contributed by atoms with van der Waals surface area (Å²) in [6, 6.07) is 9.24. The first-order chi connectivity index (χ1) is 19.9. The van der Waals surface area contributed by atoms with Gasteiger partial charge in [-0.2, -0.15) is 0 Å². The van der Waals surface area contributed by atoms with Crippen molar-refractivity contribution in [2.75, 3.05) is 38.0 Å². The number of carbonyl (C=O) groups excluding carboxylic acids is 3. The van der Waals surface area contributed by atoms with Gasteiger partial charge in [-0.1, -0.05) is 29.3 Å². The number of anilines is 1. The van der Waals surface area contributed by atoms with Gasteiger partial charge in [0.1, 0.15) is 0 Å². The van der Waals surface area contributed by atoms with Crippen molar-refractivity contribution in [1.82, 2.24) is 20.5 Å². The molecule has 0 spiro atoms. The highest BCUT2D eigenvalue weighted by Crippen LogP contribution is 2.37. The van der Waals surface area contributed by atoms with Crippen molar-refractivity contribution in [3.05, 3.63) is 80.1 Å². The molecule has 5 rings (SSSR count). The third-order valence-electron chi connectivity index (χ3n) is 7.35. The molecule has 0 saturated carbocycles. The van der Waals surface area contributed by atoms with E-state index in [0.717, 1.165) is 6.54 Å². The topological polar surface area (TPSA) is 140 Å². The van der Waals surface area contributed by atoms with Gasteiger partial charge in [0.25, 0.3) is 11.8 Å². The maximum absolute atomic E-state index is 13.3. The number of nitrogens with zero attached hydrogens (tertiary/aromatic N) is 1. The van der Waals surface area contributed by atoms with E-state index in [1.165, 1.54) is 12.1 Å². The molecule has 0 unspecified atom stereocenters. The molecule has 42 heavy (non-hydrogen) atoms. The molecule has 3 heterocycles. The van der Waals surface area contributed by atoms with Crippen molar-refractivity contribution >= 4 is 68.1 Å². The molecule has 1 fully saturated rings. The number of amides is 3. The van der Waals surface area contributed by atoms with Crippen LogP contribution in [-0.4, -0.2) is 68.7 Å². The second-order valence-electron chi connectivity index (χ2n) is 10.2. The number of benzene rings is 2. The second kappa shape index (κ2) is 11.9. The van der Waals surface area contributed by atoms with E-state index in [2.05, 4.69) is 20.9 Å². The number of H-pyrrole nitrogens is 1. The molecule has 2 aliphatic heterocycles. The Balaban J connectivity index is 1.38. The van der Waals surface area contributed by atoms with Gasteiger partial charge in [0, 0.05) is 64.4 Å². The summed E-state index contributed by atoms with van der Waals surface area (Å²) in [4.78, 5) is 42.7. The van der Waals surface area contributed by atoms with E-state index in [0.29, 0.717) is 65.5 Å². The Kier molecular flexibility index (Phi) is 8.47. The zero-order chi connectivity index (χ0) is 30.2. The number of rotatable bonds is 8. The standard InChI is InChI=1S/C29H29Cl2N5O5S/c1-16-25(34-17(2)27(16)29(39)33-9-11-36-10-8-32-26(37)14-36)13-20-19-12-18(6-7-24(19)35-28(20)38)42(40,41)15-21-22(30)4-3-5-23(21)31/h3-7,12-13,34H,8-11,14-15H2,1-2H3,(H,32,37)(H,33,39)(H,35,38). The number of hydrogen-bond acceptors (Lipinski definition) is 6. The van der Waals surface area contributed by atoms with E-state index >= 15 is 0 Å². The van der Waals surface area contributed by atoms with Gasteiger partial charge >= 0.3 is 0 Å². The van der Waals surface area contributed by atoms with Gasteiger partial charge in [-0.3, -0.25) is 19.3 Å². The molecule has 0 bridgehead atoms. The molecular weight excluding hydrogens is 601 g/mol. The third kappa shape index (κ3) is 6.10. The summed E-state index contributed by atoms with van der Waals surface area (Å²) in [7, 11) is -3.86.